The summed E-state index contributed by atoms with van der Waals surface area (Å²) in [6, 6.07) is 3.94. The largest absolute Gasteiger partial charge is 0.461 e. The van der Waals surface area contributed by atoms with Crippen LogP contribution in [0.4, 0.5) is 4.39 Å². The molecule has 0 N–H and O–H groups in total. The van der Waals surface area contributed by atoms with Crippen LogP contribution in [0.5, 0.6) is 0 Å². The van der Waals surface area contributed by atoms with E-state index in [2.05, 4.69) is 0 Å². The first-order valence-electron chi connectivity index (χ1n) is 3.67. The summed E-state index contributed by atoms with van der Waals surface area (Å²) in [6.07, 6.45) is 0. The minimum atomic E-state index is -0.406. The zero-order valence-electron chi connectivity index (χ0n) is 7.01. The van der Waals surface area contributed by atoms with Gasteiger partial charge >= 0.3 is 5.97 Å². The highest BCUT2D eigenvalue weighted by molar-refractivity contribution is 6.31. The predicted octanol–water partition coefficient (Wildman–Crippen LogP) is 2.54. The molecule has 0 aromatic heterocycles. The van der Waals surface area contributed by atoms with Gasteiger partial charge in [-0.1, -0.05) is 17.7 Å². The van der Waals surface area contributed by atoms with Crippen LogP contribution in [0.15, 0.2) is 18.2 Å². The van der Waals surface area contributed by atoms with Crippen molar-refractivity contribution in [3.05, 3.63) is 34.6 Å². The highest BCUT2D eigenvalue weighted by atomic mass is 35.5. The van der Waals surface area contributed by atoms with Crippen molar-refractivity contribution in [3.63, 3.8) is 0 Å². The molecule has 0 aliphatic carbocycles. The van der Waals surface area contributed by atoms with E-state index in [1.165, 1.54) is 25.1 Å². The second kappa shape index (κ2) is 4.23. The summed E-state index contributed by atoms with van der Waals surface area (Å²) in [6.45, 7) is 1.38. The Kier molecular flexibility index (Phi) is 3.25. The topological polar surface area (TPSA) is 26.3 Å². The molecule has 0 atom stereocenters. The van der Waals surface area contributed by atoms with Crippen molar-refractivity contribution in [2.24, 2.45) is 0 Å². The van der Waals surface area contributed by atoms with Gasteiger partial charge in [0.25, 0.3) is 0 Å². The number of ether oxygens (including phenoxy) is 1. The summed E-state index contributed by atoms with van der Waals surface area (Å²) in [5.74, 6) is -0.794. The molecule has 0 bridgehead atoms. The number of carbonyl (C=O) groups is 1. The van der Waals surface area contributed by atoms with Gasteiger partial charge in [-0.3, -0.25) is 4.79 Å². The maximum atomic E-state index is 12.6. The van der Waals surface area contributed by atoms with Gasteiger partial charge in [-0.05, 0) is 12.1 Å². The summed E-state index contributed by atoms with van der Waals surface area (Å²) < 4.78 is 17.3. The third kappa shape index (κ3) is 3.03. The first-order chi connectivity index (χ1) is 6.09. The Morgan fingerprint density at radius 1 is 1.62 bits per heavy atom. The molecule has 1 aromatic carbocycles. The van der Waals surface area contributed by atoms with Crippen LogP contribution in [-0.4, -0.2) is 5.97 Å². The second-order valence-electron chi connectivity index (χ2n) is 2.52. The Morgan fingerprint density at radius 3 is 2.85 bits per heavy atom. The highest BCUT2D eigenvalue weighted by Gasteiger charge is 2.03. The lowest BCUT2D eigenvalue weighted by Gasteiger charge is -2.03. The Bertz CT molecular complexity index is 325. The van der Waals surface area contributed by atoms with E-state index in [0.717, 1.165) is 0 Å². The Morgan fingerprint density at radius 2 is 2.31 bits per heavy atom. The molecule has 1 rings (SSSR count). The highest BCUT2D eigenvalue weighted by Crippen LogP contribution is 2.17. The molecule has 0 fully saturated rings. The molecule has 70 valence electrons. The van der Waals surface area contributed by atoms with Gasteiger partial charge in [0.1, 0.15) is 12.4 Å². The van der Waals surface area contributed by atoms with Crippen molar-refractivity contribution < 1.29 is 13.9 Å². The normalized spacial score (nSPS) is 9.77. The second-order valence-corrected chi connectivity index (χ2v) is 2.92. The van der Waals surface area contributed by atoms with E-state index >= 15 is 0 Å². The zero-order chi connectivity index (χ0) is 9.84. The van der Waals surface area contributed by atoms with Crippen molar-refractivity contribution in [2.75, 3.05) is 0 Å². The van der Waals surface area contributed by atoms with E-state index in [1.807, 2.05) is 0 Å². The van der Waals surface area contributed by atoms with E-state index in [1.54, 1.807) is 0 Å². The third-order valence-electron chi connectivity index (χ3n) is 1.45. The molecule has 0 aliphatic rings. The van der Waals surface area contributed by atoms with E-state index in [9.17, 15) is 9.18 Å². The fourth-order valence-electron chi connectivity index (χ4n) is 0.818. The Hall–Kier alpha value is -1.09. The maximum Gasteiger partial charge on any atom is 0.302 e. The van der Waals surface area contributed by atoms with E-state index in [4.69, 9.17) is 16.3 Å². The van der Waals surface area contributed by atoms with Crippen molar-refractivity contribution in [2.45, 2.75) is 13.5 Å². The SMILES string of the molecule is CC(=O)OCc1ccc(F)cc1Cl. The smallest absolute Gasteiger partial charge is 0.302 e. The van der Waals surface area contributed by atoms with E-state index < -0.39 is 5.82 Å². The molecule has 0 unspecified atom stereocenters. The summed E-state index contributed by atoms with van der Waals surface area (Å²) in [5, 5.41) is 0.265. The fraction of sp³-hybridized carbons (Fsp3) is 0.222. The van der Waals surface area contributed by atoms with Gasteiger partial charge < -0.3 is 4.74 Å². The molecule has 0 heterocycles. The van der Waals surface area contributed by atoms with Crippen LogP contribution >= 0.6 is 11.6 Å². The van der Waals surface area contributed by atoms with Crippen LogP contribution in [-0.2, 0) is 16.1 Å². The average Bonchev–Trinajstić information content (AvgIpc) is 2.02. The Labute approximate surface area is 80.3 Å². The van der Waals surface area contributed by atoms with Crippen LogP contribution in [0.3, 0.4) is 0 Å². The summed E-state index contributed by atoms with van der Waals surface area (Å²) in [5.41, 5.74) is 0.596. The lowest BCUT2D eigenvalue weighted by Crippen LogP contribution is -1.99. The monoisotopic (exact) mass is 202 g/mol. The number of esters is 1. The third-order valence-corrected chi connectivity index (χ3v) is 1.80. The number of hydrogen-bond donors (Lipinski definition) is 0. The summed E-state index contributed by atoms with van der Waals surface area (Å²) in [4.78, 5) is 10.5. The van der Waals surface area contributed by atoms with Gasteiger partial charge in [-0.15, -0.1) is 0 Å². The van der Waals surface area contributed by atoms with Crippen LogP contribution in [0.1, 0.15) is 12.5 Å². The van der Waals surface area contributed by atoms with Gasteiger partial charge in [0, 0.05) is 12.5 Å². The van der Waals surface area contributed by atoms with Crippen LogP contribution in [0.25, 0.3) is 0 Å². The first-order valence-corrected chi connectivity index (χ1v) is 4.04. The molecule has 0 amide bonds. The van der Waals surface area contributed by atoms with E-state index in [0.29, 0.717) is 5.56 Å². The average molecular weight is 203 g/mol. The predicted molar refractivity (Wildman–Crippen MR) is 46.9 cm³/mol. The Balaban J connectivity index is 2.72. The summed E-state index contributed by atoms with van der Waals surface area (Å²) in [7, 11) is 0. The number of halogens is 2. The van der Waals surface area contributed by atoms with Crippen molar-refractivity contribution >= 4 is 17.6 Å². The molecule has 0 aliphatic heterocycles. The number of carbonyl (C=O) groups excluding carboxylic acids is 1. The number of hydrogen-bond acceptors (Lipinski definition) is 2. The van der Waals surface area contributed by atoms with Gasteiger partial charge in [0.05, 0.1) is 5.02 Å². The van der Waals surface area contributed by atoms with Crippen LogP contribution in [0.2, 0.25) is 5.02 Å². The van der Waals surface area contributed by atoms with Gasteiger partial charge in [-0.25, -0.2) is 4.39 Å². The molecule has 4 heteroatoms. The molecule has 13 heavy (non-hydrogen) atoms. The van der Waals surface area contributed by atoms with Crippen molar-refractivity contribution in [1.82, 2.24) is 0 Å². The molecule has 0 radical (unpaired) electrons. The minimum absolute atomic E-state index is 0.0778. The minimum Gasteiger partial charge on any atom is -0.461 e. The molecule has 2 nitrogen and oxygen atoms in total. The quantitative estimate of drug-likeness (QED) is 0.689. The first kappa shape index (κ1) is 9.99. The molecular formula is C9H8ClFO2. The van der Waals surface area contributed by atoms with Gasteiger partial charge in [-0.2, -0.15) is 0 Å². The van der Waals surface area contributed by atoms with Crippen molar-refractivity contribution in [1.29, 1.82) is 0 Å². The number of rotatable bonds is 2. The lowest BCUT2D eigenvalue weighted by atomic mass is 10.2. The maximum absolute atomic E-state index is 12.6. The van der Waals surface area contributed by atoms with Crippen molar-refractivity contribution in [3.8, 4) is 0 Å². The van der Waals surface area contributed by atoms with Gasteiger partial charge in [0.15, 0.2) is 0 Å². The molecule has 0 saturated heterocycles. The molecule has 0 saturated carbocycles. The summed E-state index contributed by atoms with van der Waals surface area (Å²) >= 11 is 5.68. The van der Waals surface area contributed by atoms with Crippen LogP contribution in [0, 0.1) is 5.82 Å². The van der Waals surface area contributed by atoms with Crippen LogP contribution < -0.4 is 0 Å². The molecule has 1 aromatic rings. The fourth-order valence-corrected chi connectivity index (χ4v) is 1.04. The lowest BCUT2D eigenvalue weighted by molar-refractivity contribution is -0.142. The molecule has 0 spiro atoms. The molecular weight excluding hydrogens is 195 g/mol. The van der Waals surface area contributed by atoms with Gasteiger partial charge in [0.2, 0.25) is 0 Å². The zero-order valence-corrected chi connectivity index (χ0v) is 7.77. The number of benzene rings is 1. The van der Waals surface area contributed by atoms with E-state index in [-0.39, 0.29) is 17.6 Å². The standard InChI is InChI=1S/C9H8ClFO2/c1-6(12)13-5-7-2-3-8(11)4-9(7)10/h2-4H,5H2,1H3.